The van der Waals surface area contributed by atoms with Crippen LogP contribution < -0.4 is 16.9 Å². The summed E-state index contributed by atoms with van der Waals surface area (Å²) in [6.45, 7) is 7.15. The van der Waals surface area contributed by atoms with Crippen LogP contribution in [0.2, 0.25) is 0 Å². The molecule has 14 nitrogen and oxygen atoms in total. The van der Waals surface area contributed by atoms with E-state index in [1.165, 1.54) is 71.9 Å². The molecule has 0 fully saturated rings. The maximum Gasteiger partial charge on any atom is 0.305 e. The molecule has 0 aliphatic rings. The Morgan fingerprint density at radius 3 is 1.60 bits per heavy atom. The van der Waals surface area contributed by atoms with Gasteiger partial charge in [-0.15, -0.1) is 0 Å². The molecule has 4 aromatic carbocycles. The first kappa shape index (κ1) is 41.9. The first-order valence-electron chi connectivity index (χ1n) is 18.1. The number of unbranched alkanes of at least 4 members (excludes halogenated alkanes) is 2. The highest BCUT2D eigenvalue weighted by Gasteiger charge is 2.16. The van der Waals surface area contributed by atoms with Crippen molar-refractivity contribution in [2.75, 3.05) is 14.2 Å². The number of fused-ring (bicyclic) bond motifs is 2. The van der Waals surface area contributed by atoms with Crippen LogP contribution >= 0.6 is 0 Å². The van der Waals surface area contributed by atoms with Crippen LogP contribution in [-0.4, -0.2) is 56.3 Å². The number of carbonyl (C=O) groups excluding carboxylic acids is 2. The number of aryl methyl sites for hydroxylation is 2. The third-order valence-corrected chi connectivity index (χ3v) is 9.08. The number of oxime groups is 1. The molecule has 0 aliphatic carbocycles. The van der Waals surface area contributed by atoms with E-state index in [1.807, 2.05) is 0 Å². The number of nitrogens with zero attached hydrogens (tertiary/aromatic N) is 6. The van der Waals surface area contributed by atoms with Crippen LogP contribution in [0.5, 0.6) is 0 Å². The zero-order valence-corrected chi connectivity index (χ0v) is 31.7. The van der Waals surface area contributed by atoms with Gasteiger partial charge in [0.1, 0.15) is 23.3 Å². The van der Waals surface area contributed by atoms with Crippen LogP contribution in [0, 0.1) is 18.2 Å². The lowest BCUT2D eigenvalue weighted by Crippen LogP contribution is -2.24. The van der Waals surface area contributed by atoms with Gasteiger partial charge < -0.3 is 20.4 Å². The van der Waals surface area contributed by atoms with Crippen molar-refractivity contribution in [1.82, 2.24) is 19.1 Å². The minimum atomic E-state index is -0.413. The highest BCUT2D eigenvalue weighted by Crippen LogP contribution is 2.21. The molecule has 0 bridgehead atoms. The molecule has 0 amide bonds. The number of amidine groups is 1. The number of esters is 2. The number of ether oxygens (including phenoxy) is 2. The van der Waals surface area contributed by atoms with Gasteiger partial charge in [-0.25, -0.2) is 23.6 Å². The van der Waals surface area contributed by atoms with Crippen LogP contribution in [-0.2, 0) is 31.9 Å². The van der Waals surface area contributed by atoms with E-state index in [1.54, 1.807) is 36.4 Å². The Hall–Kier alpha value is -7.28. The maximum absolute atomic E-state index is 13.4. The average molecular weight is 792 g/mol. The van der Waals surface area contributed by atoms with Gasteiger partial charge in [0.25, 0.3) is 11.1 Å². The number of hydrogen-bond acceptors (Lipinski definition) is 10. The summed E-state index contributed by atoms with van der Waals surface area (Å²) in [5.74, 6) is -0.543. The number of aromatic nitrogens is 4. The molecule has 0 unspecified atom stereocenters. The van der Waals surface area contributed by atoms with Crippen molar-refractivity contribution in [2.45, 2.75) is 51.4 Å². The summed E-state index contributed by atoms with van der Waals surface area (Å²) in [4.78, 5) is 61.5. The van der Waals surface area contributed by atoms with E-state index in [0.717, 1.165) is 0 Å². The fraction of sp³-hybridized carbons (Fsp3) is 0.238. The zero-order chi connectivity index (χ0) is 41.8. The third-order valence-electron chi connectivity index (χ3n) is 9.08. The number of carbonyl (C=O) groups is 2. The van der Waals surface area contributed by atoms with Crippen LogP contribution in [0.3, 0.4) is 0 Å². The fourth-order valence-corrected chi connectivity index (χ4v) is 6.10. The summed E-state index contributed by atoms with van der Waals surface area (Å²) in [5.41, 5.74) is 7.70. The third kappa shape index (κ3) is 10.1. The van der Waals surface area contributed by atoms with Crippen LogP contribution in [0.15, 0.2) is 99.7 Å². The topological polar surface area (TPSA) is 185 Å². The van der Waals surface area contributed by atoms with Gasteiger partial charge >= 0.3 is 11.9 Å². The summed E-state index contributed by atoms with van der Waals surface area (Å²) in [6.07, 6.45) is 3.77. The van der Waals surface area contributed by atoms with Gasteiger partial charge in [-0.1, -0.05) is 23.4 Å². The van der Waals surface area contributed by atoms with Crippen molar-refractivity contribution in [3.8, 4) is 11.4 Å². The van der Waals surface area contributed by atoms with Gasteiger partial charge in [-0.05, 0) is 92.4 Å². The molecule has 58 heavy (non-hydrogen) atoms. The van der Waals surface area contributed by atoms with Gasteiger partial charge in [0.2, 0.25) is 0 Å². The molecule has 0 atom stereocenters. The number of benzene rings is 4. The van der Waals surface area contributed by atoms with Crippen molar-refractivity contribution in [2.24, 2.45) is 10.9 Å². The molecule has 0 spiro atoms. The summed E-state index contributed by atoms with van der Waals surface area (Å²) in [6, 6.07) is 20.6. The fourth-order valence-electron chi connectivity index (χ4n) is 6.10. The second kappa shape index (κ2) is 19.5. The Morgan fingerprint density at radius 2 is 1.17 bits per heavy atom. The summed E-state index contributed by atoms with van der Waals surface area (Å²) >= 11 is 0. The van der Waals surface area contributed by atoms with E-state index >= 15 is 0 Å². The van der Waals surface area contributed by atoms with Crippen molar-refractivity contribution in [3.05, 3.63) is 146 Å². The number of nitrogens with two attached hydrogens (primary N) is 1. The second-order valence-corrected chi connectivity index (χ2v) is 12.9. The molecule has 0 saturated heterocycles. The molecule has 6 rings (SSSR count). The largest absolute Gasteiger partial charge is 0.469 e. The monoisotopic (exact) mass is 791 g/mol. The maximum atomic E-state index is 13.4. The van der Waals surface area contributed by atoms with E-state index in [2.05, 4.69) is 29.4 Å². The second-order valence-electron chi connectivity index (χ2n) is 12.9. The molecule has 3 N–H and O–H groups in total. The highest BCUT2D eigenvalue weighted by molar-refractivity contribution is 6.00. The molecule has 0 saturated carbocycles. The quantitative estimate of drug-likeness (QED) is 0.0250. The van der Waals surface area contributed by atoms with Crippen molar-refractivity contribution >= 4 is 45.3 Å². The SMILES string of the molecule is COC(=O)CCCCc1nc2cc(/C(N)=N/O)ccc2c(=O)n1-c1ccc(F)cc1.[C-]#[N+]c1ccc2c(=O)n(-c3ccc(F)cc3)c(CCCCC(=O)OC)nc2c1. The van der Waals surface area contributed by atoms with Crippen LogP contribution in [0.4, 0.5) is 14.5 Å². The smallest absolute Gasteiger partial charge is 0.305 e. The number of halogens is 2. The van der Waals surface area contributed by atoms with E-state index in [9.17, 15) is 28.0 Å². The van der Waals surface area contributed by atoms with Crippen LogP contribution in [0.1, 0.15) is 55.7 Å². The van der Waals surface area contributed by atoms with Crippen molar-refractivity contribution in [1.29, 1.82) is 0 Å². The molecule has 0 aliphatic heterocycles. The minimum absolute atomic E-state index is 0.0963. The van der Waals surface area contributed by atoms with E-state index in [4.69, 9.17) is 17.5 Å². The number of hydrogen-bond donors (Lipinski definition) is 2. The Balaban J connectivity index is 0.000000221. The average Bonchev–Trinajstić information content (AvgIpc) is 3.24. The first-order chi connectivity index (χ1) is 28.0. The van der Waals surface area contributed by atoms with Crippen molar-refractivity contribution in [3.63, 3.8) is 0 Å². The molecule has 2 heterocycles. The van der Waals surface area contributed by atoms with Gasteiger partial charge in [-0.2, -0.15) is 0 Å². The molecule has 0 radical (unpaired) electrons. The predicted molar refractivity (Wildman–Crippen MR) is 213 cm³/mol. The van der Waals surface area contributed by atoms with Gasteiger partial charge in [0, 0.05) is 31.2 Å². The van der Waals surface area contributed by atoms with E-state index in [-0.39, 0.29) is 41.7 Å². The Bertz CT molecular complexity index is 2640. The predicted octanol–water partition coefficient (Wildman–Crippen LogP) is 6.47. The molecule has 298 valence electrons. The molecule has 2 aromatic heterocycles. The molecular formula is C42H39F2N7O7. The molecule has 6 aromatic rings. The lowest BCUT2D eigenvalue weighted by atomic mass is 10.1. The minimum Gasteiger partial charge on any atom is -0.469 e. The first-order valence-corrected chi connectivity index (χ1v) is 18.1. The molecule has 16 heteroatoms. The lowest BCUT2D eigenvalue weighted by molar-refractivity contribution is -0.141. The Labute approximate surface area is 330 Å². The molecular weight excluding hydrogens is 752 g/mol. The van der Waals surface area contributed by atoms with Crippen LogP contribution in [0.25, 0.3) is 38.0 Å². The summed E-state index contributed by atoms with van der Waals surface area (Å²) in [5, 5.41) is 12.6. The van der Waals surface area contributed by atoms with E-state index < -0.39 is 11.6 Å². The lowest BCUT2D eigenvalue weighted by Gasteiger charge is -2.14. The Kier molecular flexibility index (Phi) is 14.1. The van der Waals surface area contributed by atoms with Gasteiger partial charge in [0.15, 0.2) is 11.5 Å². The number of methoxy groups -OCH3 is 2. The van der Waals surface area contributed by atoms with Crippen molar-refractivity contribution < 1.29 is 33.1 Å². The summed E-state index contributed by atoms with van der Waals surface area (Å²) in [7, 11) is 2.67. The zero-order valence-electron chi connectivity index (χ0n) is 31.7. The standard InChI is InChI=1S/C21H21FN4O4.C21H18FN3O3/c1-30-19(27)5-3-2-4-18-24-17-12-13(20(23)25-29)6-11-16(17)21(28)26(18)15-9-7-14(22)8-10-15;1-23-15-9-12-17-18(13-15)24-19(5-3-4-6-20(26)28-2)25(21(17)27)16-10-7-14(22)8-11-16/h6-12,29H,2-5H2,1H3,(H2,23,25);7-13H,3-6H2,2H3. The van der Waals surface area contributed by atoms with E-state index in [0.29, 0.717) is 94.6 Å². The highest BCUT2D eigenvalue weighted by atomic mass is 19.1. The van der Waals surface area contributed by atoms with Gasteiger partial charge in [-0.3, -0.25) is 28.3 Å². The van der Waals surface area contributed by atoms with Gasteiger partial charge in [0.05, 0.1) is 54.0 Å². The number of rotatable bonds is 13. The normalized spacial score (nSPS) is 11.1. The summed E-state index contributed by atoms with van der Waals surface area (Å²) < 4.78 is 38.9. The Morgan fingerprint density at radius 1 is 0.724 bits per heavy atom.